The Morgan fingerprint density at radius 1 is 1.10 bits per heavy atom. The second kappa shape index (κ2) is 8.37. The maximum absolute atomic E-state index is 11.8. The van der Waals surface area contributed by atoms with Gasteiger partial charge in [0.25, 0.3) is 0 Å². The molecule has 2 aromatic rings. The smallest absolute Gasteiger partial charge is 0.294 e. The quantitative estimate of drug-likeness (QED) is 0.485. The maximum atomic E-state index is 11.8. The van der Waals surface area contributed by atoms with Gasteiger partial charge >= 0.3 is 7.83 Å². The molecule has 0 saturated heterocycles. The molecule has 2 rings (SSSR count). The molecule has 1 aromatic carbocycles. The minimum absolute atomic E-state index is 0.0520. The predicted molar refractivity (Wildman–Crippen MR) is 76.7 cm³/mol. The summed E-state index contributed by atoms with van der Waals surface area (Å²) in [7, 11) is -1.00. The number of carbonyl (C=O) groups excluding carboxylic acids is 2. The van der Waals surface area contributed by atoms with E-state index in [9.17, 15) is 18.2 Å². The van der Waals surface area contributed by atoms with E-state index in [0.29, 0.717) is 10.4 Å². The maximum Gasteiger partial charge on any atom is 0.577 e. The Morgan fingerprint density at radius 2 is 1.70 bits per heavy atom. The summed E-state index contributed by atoms with van der Waals surface area (Å²) in [6, 6.07) is 10.8. The Hall–Kier alpha value is -1.82. The lowest BCUT2D eigenvalue weighted by molar-refractivity contribution is 0.0896. The van der Waals surface area contributed by atoms with Crippen LogP contribution in [0.3, 0.4) is 0 Å². The number of carbonyl (C=O) groups is 2. The molecule has 1 aromatic heterocycles. The van der Waals surface area contributed by atoms with Crippen LogP contribution in [0.5, 0.6) is 0 Å². The molecule has 0 aliphatic carbocycles. The summed E-state index contributed by atoms with van der Waals surface area (Å²) in [6.45, 7) is 1.96. The molecule has 0 bridgehead atoms. The summed E-state index contributed by atoms with van der Waals surface area (Å²) in [4.78, 5) is 24.2. The molecule has 103 valence electrons. The van der Waals surface area contributed by atoms with Crippen LogP contribution >= 0.6 is 11.3 Å². The number of aryl methyl sites for hydroxylation is 1. The van der Waals surface area contributed by atoms with Crippen LogP contribution in [0.2, 0.25) is 0 Å². The van der Waals surface area contributed by atoms with Crippen LogP contribution in [0.25, 0.3) is 0 Å². The van der Waals surface area contributed by atoms with Crippen molar-refractivity contribution in [2.24, 2.45) is 0 Å². The van der Waals surface area contributed by atoms with Crippen LogP contribution in [0.1, 0.15) is 32.0 Å². The number of hydrogen-bond donors (Lipinski definition) is 0. The summed E-state index contributed by atoms with van der Waals surface area (Å²) in [6.07, 6.45) is -0.0520. The molecule has 1 radical (unpaired) electrons. The van der Waals surface area contributed by atoms with E-state index in [-0.39, 0.29) is 18.0 Å². The van der Waals surface area contributed by atoms with Crippen molar-refractivity contribution in [2.45, 2.75) is 13.3 Å². The Kier molecular flexibility index (Phi) is 6.80. The molecule has 0 N–H and O–H groups in total. The molecular formula is C14H12BF2O2S. The van der Waals surface area contributed by atoms with Gasteiger partial charge in [-0.1, -0.05) is 35.9 Å². The van der Waals surface area contributed by atoms with E-state index in [4.69, 9.17) is 0 Å². The highest BCUT2D eigenvalue weighted by atomic mass is 32.1. The van der Waals surface area contributed by atoms with Gasteiger partial charge in [-0.3, -0.25) is 18.2 Å². The first-order valence-corrected chi connectivity index (χ1v) is 6.65. The van der Waals surface area contributed by atoms with Gasteiger partial charge in [-0.2, -0.15) is 0 Å². The predicted octanol–water partition coefficient (Wildman–Crippen LogP) is 3.97. The second-order valence-electron chi connectivity index (χ2n) is 3.95. The average Bonchev–Trinajstić information content (AvgIpc) is 2.94. The zero-order chi connectivity index (χ0) is 15.0. The van der Waals surface area contributed by atoms with Crippen LogP contribution in [-0.2, 0) is 0 Å². The Bertz CT molecular complexity index is 553. The van der Waals surface area contributed by atoms with Crippen LogP contribution in [-0.4, -0.2) is 19.4 Å². The van der Waals surface area contributed by atoms with E-state index in [0.717, 1.165) is 5.56 Å². The van der Waals surface area contributed by atoms with Gasteiger partial charge in [0.15, 0.2) is 11.6 Å². The standard InChI is InChI=1S/C14H12O2S.BF2/c1-10-4-6-11(7-5-10)12(15)9-13(16)14-3-2-8-17-14;2-1-3/h2-8H,9H2,1H3;. The first kappa shape index (κ1) is 16.2. The van der Waals surface area contributed by atoms with Crippen molar-refractivity contribution in [3.05, 3.63) is 57.8 Å². The molecule has 0 unspecified atom stereocenters. The van der Waals surface area contributed by atoms with Crippen molar-refractivity contribution in [3.8, 4) is 0 Å². The third-order valence-electron chi connectivity index (χ3n) is 2.49. The molecule has 0 spiro atoms. The molecular weight excluding hydrogens is 281 g/mol. The Balaban J connectivity index is 0.000000612. The fraction of sp³-hybridized carbons (Fsp3) is 0.143. The third-order valence-corrected chi connectivity index (χ3v) is 3.40. The van der Waals surface area contributed by atoms with E-state index in [1.165, 1.54) is 11.3 Å². The fourth-order valence-electron chi connectivity index (χ4n) is 1.51. The first-order chi connectivity index (χ1) is 9.58. The molecule has 0 aliphatic heterocycles. The van der Waals surface area contributed by atoms with Crippen molar-refractivity contribution < 1.29 is 18.2 Å². The number of halogens is 2. The molecule has 0 aliphatic rings. The highest BCUT2D eigenvalue weighted by Crippen LogP contribution is 2.14. The topological polar surface area (TPSA) is 34.1 Å². The zero-order valence-corrected chi connectivity index (χ0v) is 11.6. The SMILES string of the molecule is Cc1ccc(C(=O)CC(=O)c2cccs2)cc1.F[B]F. The Labute approximate surface area is 120 Å². The lowest BCUT2D eigenvalue weighted by Gasteiger charge is -2.00. The highest BCUT2D eigenvalue weighted by Gasteiger charge is 2.13. The van der Waals surface area contributed by atoms with Crippen molar-refractivity contribution in [3.63, 3.8) is 0 Å². The Morgan fingerprint density at radius 3 is 2.20 bits per heavy atom. The molecule has 2 nitrogen and oxygen atoms in total. The molecule has 0 amide bonds. The number of hydrogen-bond acceptors (Lipinski definition) is 3. The van der Waals surface area contributed by atoms with Gasteiger partial charge in [0.2, 0.25) is 0 Å². The normalized spacial score (nSPS) is 9.35. The summed E-state index contributed by atoms with van der Waals surface area (Å²) >= 11 is 1.37. The highest BCUT2D eigenvalue weighted by molar-refractivity contribution is 7.12. The van der Waals surface area contributed by atoms with Crippen molar-refractivity contribution in [1.29, 1.82) is 0 Å². The lowest BCUT2D eigenvalue weighted by Crippen LogP contribution is -2.07. The van der Waals surface area contributed by atoms with Gasteiger partial charge < -0.3 is 0 Å². The number of thiophene rings is 1. The number of ketones is 2. The van der Waals surface area contributed by atoms with Crippen LogP contribution in [0.4, 0.5) is 8.63 Å². The van der Waals surface area contributed by atoms with E-state index < -0.39 is 7.83 Å². The van der Waals surface area contributed by atoms with Crippen LogP contribution in [0, 0.1) is 6.92 Å². The molecule has 0 fully saturated rings. The van der Waals surface area contributed by atoms with E-state index in [1.807, 2.05) is 30.5 Å². The minimum atomic E-state index is -1.00. The number of benzene rings is 1. The molecule has 20 heavy (non-hydrogen) atoms. The zero-order valence-electron chi connectivity index (χ0n) is 10.8. The van der Waals surface area contributed by atoms with Crippen molar-refractivity contribution in [1.82, 2.24) is 0 Å². The van der Waals surface area contributed by atoms with E-state index >= 15 is 0 Å². The summed E-state index contributed by atoms with van der Waals surface area (Å²) in [5.74, 6) is -0.228. The van der Waals surface area contributed by atoms with Gasteiger partial charge in [0.05, 0.1) is 11.3 Å². The van der Waals surface area contributed by atoms with Gasteiger partial charge in [-0.05, 0) is 18.4 Å². The molecule has 1 heterocycles. The number of Topliss-reactive ketones (excluding diaryl/α,β-unsaturated/α-hetero) is 2. The van der Waals surface area contributed by atoms with E-state index in [2.05, 4.69) is 0 Å². The summed E-state index contributed by atoms with van der Waals surface area (Å²) < 4.78 is 19.0. The largest absolute Gasteiger partial charge is 0.577 e. The second-order valence-corrected chi connectivity index (χ2v) is 4.90. The molecule has 6 heteroatoms. The molecule has 0 saturated carbocycles. The van der Waals surface area contributed by atoms with Crippen molar-refractivity contribution >= 4 is 30.7 Å². The fourth-order valence-corrected chi connectivity index (χ4v) is 2.18. The van der Waals surface area contributed by atoms with Crippen LogP contribution in [0.15, 0.2) is 41.8 Å². The first-order valence-electron chi connectivity index (χ1n) is 5.77. The molecule has 0 atom stereocenters. The minimum Gasteiger partial charge on any atom is -0.294 e. The number of rotatable bonds is 4. The van der Waals surface area contributed by atoms with Crippen LogP contribution < -0.4 is 0 Å². The average molecular weight is 293 g/mol. The van der Waals surface area contributed by atoms with Gasteiger partial charge in [-0.25, -0.2) is 0 Å². The van der Waals surface area contributed by atoms with Gasteiger partial charge in [0, 0.05) is 5.56 Å². The summed E-state index contributed by atoms with van der Waals surface area (Å²) in [5, 5.41) is 1.84. The van der Waals surface area contributed by atoms with E-state index in [1.54, 1.807) is 18.2 Å². The summed E-state index contributed by atoms with van der Waals surface area (Å²) in [5.41, 5.74) is 1.70. The monoisotopic (exact) mass is 293 g/mol. The van der Waals surface area contributed by atoms with Gasteiger partial charge in [0.1, 0.15) is 0 Å². The lowest BCUT2D eigenvalue weighted by atomic mass is 10.0. The van der Waals surface area contributed by atoms with Gasteiger partial charge in [-0.15, -0.1) is 11.3 Å². The third kappa shape index (κ3) is 5.05. The van der Waals surface area contributed by atoms with Crippen molar-refractivity contribution in [2.75, 3.05) is 0 Å².